The van der Waals surface area contributed by atoms with Gasteiger partial charge in [0.2, 0.25) is 17.4 Å². The van der Waals surface area contributed by atoms with Crippen LogP contribution in [0.25, 0.3) is 32.9 Å². The van der Waals surface area contributed by atoms with Crippen molar-refractivity contribution in [1.82, 2.24) is 25.7 Å². The van der Waals surface area contributed by atoms with E-state index in [1.165, 1.54) is 61.8 Å². The Morgan fingerprint density at radius 3 is 2.16 bits per heavy atom. The molecule has 1 amide bonds. The van der Waals surface area contributed by atoms with Gasteiger partial charge in [0.05, 0.1) is 5.41 Å². The van der Waals surface area contributed by atoms with Gasteiger partial charge in [-0.25, -0.2) is 0 Å². The lowest BCUT2D eigenvalue weighted by Gasteiger charge is -2.27. The first-order chi connectivity index (χ1) is 26.6. The number of benzene rings is 5. The molecule has 0 spiro atoms. The number of unbranched alkanes of at least 4 members (excludes halogenated alkanes) is 2. The normalized spacial score (nSPS) is 16.4. The molecule has 0 unspecified atom stereocenters. The van der Waals surface area contributed by atoms with Crippen molar-refractivity contribution in [3.05, 3.63) is 144 Å². The summed E-state index contributed by atoms with van der Waals surface area (Å²) in [4.78, 5) is 15.3. The SMILES string of the molecule is C[N+]1=C(/C=C/C=C2\N(CCCCCC(=O)NCc3ccc(-c4nncnn4)cc3)c3ccc4ccccc4c3C2(C)C)C(C)(C)c2c1ccc1ccccc21. The van der Waals surface area contributed by atoms with Gasteiger partial charge in [0, 0.05) is 59.6 Å². The van der Waals surface area contributed by atoms with Crippen molar-refractivity contribution < 1.29 is 9.37 Å². The topological polar surface area (TPSA) is 86.9 Å². The van der Waals surface area contributed by atoms with E-state index in [-0.39, 0.29) is 16.7 Å². The highest BCUT2D eigenvalue weighted by atomic mass is 16.1. The van der Waals surface area contributed by atoms with Crippen molar-refractivity contribution in [2.24, 2.45) is 0 Å². The number of nitrogens with one attached hydrogen (secondary N) is 1. The third-order valence-corrected chi connectivity index (χ3v) is 11.6. The Kier molecular flexibility index (Phi) is 9.59. The molecule has 2 aliphatic heterocycles. The number of hydrogen-bond donors (Lipinski definition) is 1. The summed E-state index contributed by atoms with van der Waals surface area (Å²) in [5.74, 6) is 0.549. The van der Waals surface area contributed by atoms with Crippen LogP contribution >= 0.6 is 0 Å². The summed E-state index contributed by atoms with van der Waals surface area (Å²) >= 11 is 0. The summed E-state index contributed by atoms with van der Waals surface area (Å²) in [5.41, 5.74) is 9.43. The Balaban J connectivity index is 0.959. The second-order valence-corrected chi connectivity index (χ2v) is 15.8. The molecular formula is C47H48N7O+. The van der Waals surface area contributed by atoms with E-state index in [0.717, 1.165) is 36.9 Å². The van der Waals surface area contributed by atoms with Crippen LogP contribution in [0.2, 0.25) is 0 Å². The summed E-state index contributed by atoms with van der Waals surface area (Å²) in [6.07, 6.45) is 11.5. The number of aromatic nitrogens is 4. The van der Waals surface area contributed by atoms with Crippen molar-refractivity contribution in [1.29, 1.82) is 0 Å². The van der Waals surface area contributed by atoms with E-state index >= 15 is 0 Å². The first kappa shape index (κ1) is 36.0. The number of carbonyl (C=O) groups excluding carboxylic acids is 1. The molecule has 5 aromatic carbocycles. The average molecular weight is 727 g/mol. The number of nitrogens with zero attached hydrogens (tertiary/aromatic N) is 6. The smallest absolute Gasteiger partial charge is 0.220 e. The Bertz CT molecular complexity index is 2500. The minimum Gasteiger partial charge on any atom is -0.352 e. The predicted octanol–water partition coefficient (Wildman–Crippen LogP) is 9.36. The molecule has 6 aromatic rings. The van der Waals surface area contributed by atoms with Crippen molar-refractivity contribution >= 4 is 44.5 Å². The molecule has 55 heavy (non-hydrogen) atoms. The fraction of sp³-hybridized carbons (Fsp3) is 0.277. The van der Waals surface area contributed by atoms with Crippen molar-refractivity contribution in [3.8, 4) is 11.4 Å². The summed E-state index contributed by atoms with van der Waals surface area (Å²) in [5, 5.41) is 23.9. The maximum atomic E-state index is 12.8. The molecule has 1 N–H and O–H groups in total. The van der Waals surface area contributed by atoms with Gasteiger partial charge >= 0.3 is 0 Å². The van der Waals surface area contributed by atoms with Crippen LogP contribution in [-0.2, 0) is 22.2 Å². The average Bonchev–Trinajstić information content (AvgIpc) is 3.55. The van der Waals surface area contributed by atoms with Gasteiger partial charge in [-0.15, -0.1) is 20.4 Å². The summed E-state index contributed by atoms with van der Waals surface area (Å²) in [6.45, 7) is 10.8. The maximum Gasteiger partial charge on any atom is 0.220 e. The van der Waals surface area contributed by atoms with Crippen molar-refractivity contribution in [2.45, 2.75) is 70.8 Å². The van der Waals surface area contributed by atoms with Crippen molar-refractivity contribution in [2.75, 3.05) is 18.5 Å². The largest absolute Gasteiger partial charge is 0.352 e. The molecule has 0 fully saturated rings. The number of amides is 1. The molecule has 1 aromatic heterocycles. The zero-order valence-electron chi connectivity index (χ0n) is 32.4. The molecule has 0 bridgehead atoms. The van der Waals surface area contributed by atoms with Gasteiger partial charge in [0.15, 0.2) is 12.0 Å². The molecule has 0 atom stereocenters. The molecule has 0 saturated carbocycles. The Morgan fingerprint density at radius 1 is 0.764 bits per heavy atom. The Labute approximate surface area is 323 Å². The van der Waals surface area contributed by atoms with Crippen LogP contribution in [0.15, 0.2) is 127 Å². The number of anilines is 1. The van der Waals surface area contributed by atoms with E-state index in [0.29, 0.717) is 18.8 Å². The van der Waals surface area contributed by atoms with Crippen LogP contribution < -0.4 is 10.2 Å². The lowest BCUT2D eigenvalue weighted by atomic mass is 9.79. The van der Waals surface area contributed by atoms with E-state index in [1.807, 2.05) is 24.3 Å². The molecule has 0 aliphatic carbocycles. The summed E-state index contributed by atoms with van der Waals surface area (Å²) < 4.78 is 2.36. The van der Waals surface area contributed by atoms with E-state index in [9.17, 15) is 4.79 Å². The fourth-order valence-corrected chi connectivity index (χ4v) is 8.81. The monoisotopic (exact) mass is 726 g/mol. The predicted molar refractivity (Wildman–Crippen MR) is 223 cm³/mol. The lowest BCUT2D eigenvalue weighted by Crippen LogP contribution is -2.28. The van der Waals surface area contributed by atoms with E-state index in [1.54, 1.807) is 0 Å². The second kappa shape index (κ2) is 14.7. The van der Waals surface area contributed by atoms with Gasteiger partial charge in [-0.1, -0.05) is 105 Å². The third kappa shape index (κ3) is 6.71. The van der Waals surface area contributed by atoms with E-state index < -0.39 is 0 Å². The molecule has 8 heteroatoms. The van der Waals surface area contributed by atoms with Crippen LogP contribution in [0.4, 0.5) is 11.4 Å². The second-order valence-electron chi connectivity index (χ2n) is 15.8. The van der Waals surface area contributed by atoms with Crippen molar-refractivity contribution in [3.63, 3.8) is 0 Å². The fourth-order valence-electron chi connectivity index (χ4n) is 8.81. The first-order valence-electron chi connectivity index (χ1n) is 19.3. The lowest BCUT2D eigenvalue weighted by molar-refractivity contribution is -0.401. The molecule has 0 saturated heterocycles. The Morgan fingerprint density at radius 2 is 1.44 bits per heavy atom. The van der Waals surface area contributed by atoms with E-state index in [2.05, 4.69) is 161 Å². The number of fused-ring (bicyclic) bond motifs is 6. The van der Waals surface area contributed by atoms with Gasteiger partial charge in [0.25, 0.3) is 0 Å². The number of rotatable bonds is 11. The minimum atomic E-state index is -0.193. The van der Waals surface area contributed by atoms with Crippen LogP contribution in [-0.4, -0.2) is 50.2 Å². The number of allylic oxidation sites excluding steroid dienone is 4. The zero-order valence-corrected chi connectivity index (χ0v) is 32.4. The standard InChI is InChI=1S/C47H47N7O/c1-46(2)40(53(5)38-27-25-33-14-8-10-16-36(33)43(38)46)18-13-19-41-47(3,4)44-37-17-11-9-15-34(37)26-28-39(44)54(41)29-12-6-7-20-42(55)48-30-32-21-23-35(24-22-32)45-51-49-31-50-52-45/h8-11,13-19,21-28,31H,6-7,12,20,29-30H2,1-5H3/p+1. The molecule has 276 valence electrons. The zero-order chi connectivity index (χ0) is 38.2. The summed E-state index contributed by atoms with van der Waals surface area (Å²) in [7, 11) is 2.19. The maximum absolute atomic E-state index is 12.8. The quantitative estimate of drug-likeness (QED) is 0.106. The van der Waals surface area contributed by atoms with E-state index in [4.69, 9.17) is 0 Å². The molecule has 8 rings (SSSR count). The highest BCUT2D eigenvalue weighted by Crippen LogP contribution is 2.51. The Hall–Kier alpha value is -6.02. The molecule has 2 aliphatic rings. The van der Waals surface area contributed by atoms with Gasteiger partial charge in [-0.2, -0.15) is 4.58 Å². The molecule has 0 radical (unpaired) electrons. The first-order valence-corrected chi connectivity index (χ1v) is 19.3. The molecule has 3 heterocycles. The number of hydrogen-bond acceptors (Lipinski definition) is 6. The van der Waals surface area contributed by atoms with Crippen LogP contribution in [0, 0.1) is 0 Å². The van der Waals surface area contributed by atoms with Crippen LogP contribution in [0.5, 0.6) is 0 Å². The molecule has 8 nitrogen and oxygen atoms in total. The van der Waals surface area contributed by atoms with Gasteiger partial charge in [0.1, 0.15) is 7.05 Å². The van der Waals surface area contributed by atoms with Gasteiger partial charge < -0.3 is 10.2 Å². The van der Waals surface area contributed by atoms with Crippen LogP contribution in [0.3, 0.4) is 0 Å². The highest BCUT2D eigenvalue weighted by molar-refractivity contribution is 6.07. The summed E-state index contributed by atoms with van der Waals surface area (Å²) in [6, 6.07) is 34.3. The molecular weight excluding hydrogens is 679 g/mol. The van der Waals surface area contributed by atoms with Gasteiger partial charge in [-0.3, -0.25) is 4.79 Å². The van der Waals surface area contributed by atoms with Gasteiger partial charge in [-0.05, 0) is 77.6 Å². The third-order valence-electron chi connectivity index (χ3n) is 11.6. The minimum absolute atomic E-state index is 0.0705. The van der Waals surface area contributed by atoms with Crippen LogP contribution in [0.1, 0.15) is 70.1 Å². The number of carbonyl (C=O) groups is 1. The highest BCUT2D eigenvalue weighted by Gasteiger charge is 2.44.